The second-order valence-corrected chi connectivity index (χ2v) is 3.44. The third-order valence-corrected chi connectivity index (χ3v) is 2.18. The summed E-state index contributed by atoms with van der Waals surface area (Å²) in [5.41, 5.74) is 2.52. The van der Waals surface area contributed by atoms with Crippen LogP contribution in [0.2, 0.25) is 0 Å². The van der Waals surface area contributed by atoms with Gasteiger partial charge in [0.1, 0.15) is 5.69 Å². The number of hydrogen-bond donors (Lipinski definition) is 1. The van der Waals surface area contributed by atoms with Crippen molar-refractivity contribution in [1.29, 1.82) is 0 Å². The van der Waals surface area contributed by atoms with Gasteiger partial charge in [0.25, 0.3) is 0 Å². The third-order valence-electron chi connectivity index (χ3n) is 1.59. The Hall–Kier alpha value is -1.62. The highest BCUT2D eigenvalue weighted by molar-refractivity contribution is 7.07. The van der Waals surface area contributed by atoms with E-state index in [4.69, 9.17) is 4.42 Å². The molecule has 0 atom stereocenters. The first kappa shape index (κ1) is 8.96. The number of nitrogens with one attached hydrogen (secondary N) is 1. The topological polar surface area (TPSA) is 55.1 Å². The molecule has 0 bridgehead atoms. The molecule has 4 nitrogen and oxygen atoms in total. The molecule has 14 heavy (non-hydrogen) atoms. The number of carbonyl (C=O) groups is 1. The van der Waals surface area contributed by atoms with Crippen molar-refractivity contribution in [2.75, 3.05) is 5.32 Å². The zero-order chi connectivity index (χ0) is 9.97. The lowest BCUT2D eigenvalue weighted by Gasteiger charge is -1.94. The standard InChI is InChI=1S/C9H8N2O2S/c1-6(12)11-9-3-2-8(13-9)7-4-14-5-10-7/h2-5H,1H3,(H,11,12). The molecule has 2 heterocycles. The molecule has 2 rings (SSSR count). The number of hydrogen-bond acceptors (Lipinski definition) is 4. The summed E-state index contributed by atoms with van der Waals surface area (Å²) in [7, 11) is 0. The SMILES string of the molecule is CC(=O)Nc1ccc(-c2cscn2)o1. The van der Waals surface area contributed by atoms with Gasteiger partial charge in [0.2, 0.25) is 5.91 Å². The Morgan fingerprint density at radius 1 is 1.57 bits per heavy atom. The Morgan fingerprint density at radius 3 is 3.07 bits per heavy atom. The lowest BCUT2D eigenvalue weighted by atomic mass is 10.4. The molecule has 1 N–H and O–H groups in total. The Kier molecular flexibility index (Phi) is 2.32. The number of aromatic nitrogens is 1. The first-order chi connectivity index (χ1) is 6.75. The van der Waals surface area contributed by atoms with Gasteiger partial charge in [-0.3, -0.25) is 10.1 Å². The Bertz CT molecular complexity index is 433. The van der Waals surface area contributed by atoms with E-state index >= 15 is 0 Å². The summed E-state index contributed by atoms with van der Waals surface area (Å²) in [5, 5.41) is 4.44. The van der Waals surface area contributed by atoms with Gasteiger partial charge in [-0.2, -0.15) is 0 Å². The fraction of sp³-hybridized carbons (Fsp3) is 0.111. The molecule has 0 aliphatic carbocycles. The summed E-state index contributed by atoms with van der Waals surface area (Å²) in [4.78, 5) is 14.8. The van der Waals surface area contributed by atoms with Crippen LogP contribution in [0.25, 0.3) is 11.5 Å². The second kappa shape index (κ2) is 3.63. The molecule has 0 spiro atoms. The van der Waals surface area contributed by atoms with Crippen LogP contribution in [0.3, 0.4) is 0 Å². The number of carbonyl (C=O) groups excluding carboxylic acids is 1. The molecular weight excluding hydrogens is 200 g/mol. The van der Waals surface area contributed by atoms with E-state index in [1.165, 1.54) is 18.3 Å². The van der Waals surface area contributed by atoms with Gasteiger partial charge < -0.3 is 4.42 Å². The first-order valence-corrected chi connectivity index (χ1v) is 4.96. The van der Waals surface area contributed by atoms with E-state index in [2.05, 4.69) is 10.3 Å². The van der Waals surface area contributed by atoms with Gasteiger partial charge in [0.15, 0.2) is 11.6 Å². The minimum Gasteiger partial charge on any atom is -0.439 e. The van der Waals surface area contributed by atoms with E-state index in [1.807, 2.05) is 5.38 Å². The monoisotopic (exact) mass is 208 g/mol. The second-order valence-electron chi connectivity index (χ2n) is 2.72. The van der Waals surface area contributed by atoms with Crippen molar-refractivity contribution in [2.45, 2.75) is 6.92 Å². The molecule has 1 amide bonds. The number of thiazole rings is 1. The van der Waals surface area contributed by atoms with Gasteiger partial charge >= 0.3 is 0 Å². The van der Waals surface area contributed by atoms with Crippen molar-refractivity contribution in [3.8, 4) is 11.5 Å². The zero-order valence-electron chi connectivity index (χ0n) is 7.48. The molecule has 2 aromatic rings. The van der Waals surface area contributed by atoms with E-state index in [9.17, 15) is 4.79 Å². The van der Waals surface area contributed by atoms with Crippen molar-refractivity contribution >= 4 is 23.1 Å². The smallest absolute Gasteiger partial charge is 0.223 e. The van der Waals surface area contributed by atoms with E-state index in [0.717, 1.165) is 5.69 Å². The van der Waals surface area contributed by atoms with Gasteiger partial charge in [0, 0.05) is 18.4 Å². The third kappa shape index (κ3) is 1.82. The predicted octanol–water partition coefficient (Wildman–Crippen LogP) is 2.36. The van der Waals surface area contributed by atoms with Crippen LogP contribution in [0.15, 0.2) is 27.4 Å². The van der Waals surface area contributed by atoms with Crippen molar-refractivity contribution in [3.63, 3.8) is 0 Å². The predicted molar refractivity (Wildman–Crippen MR) is 54.1 cm³/mol. The average Bonchev–Trinajstić information content (AvgIpc) is 2.69. The van der Waals surface area contributed by atoms with Gasteiger partial charge in [-0.1, -0.05) is 0 Å². The zero-order valence-corrected chi connectivity index (χ0v) is 8.30. The van der Waals surface area contributed by atoms with Gasteiger partial charge in [-0.25, -0.2) is 4.98 Å². The summed E-state index contributed by atoms with van der Waals surface area (Å²) in [6, 6.07) is 3.48. The normalized spacial score (nSPS) is 10.1. The molecule has 0 saturated heterocycles. The van der Waals surface area contributed by atoms with Crippen LogP contribution in [-0.2, 0) is 4.79 Å². The lowest BCUT2D eigenvalue weighted by Crippen LogP contribution is -2.04. The minimum atomic E-state index is -0.149. The highest BCUT2D eigenvalue weighted by Gasteiger charge is 2.06. The van der Waals surface area contributed by atoms with Crippen LogP contribution in [0.1, 0.15) is 6.92 Å². The highest BCUT2D eigenvalue weighted by atomic mass is 32.1. The average molecular weight is 208 g/mol. The van der Waals surface area contributed by atoms with Crippen LogP contribution in [0, 0.1) is 0 Å². The Morgan fingerprint density at radius 2 is 2.43 bits per heavy atom. The van der Waals surface area contributed by atoms with Crippen LogP contribution >= 0.6 is 11.3 Å². The number of amides is 1. The summed E-state index contributed by atoms with van der Waals surface area (Å²) in [6.07, 6.45) is 0. The van der Waals surface area contributed by atoms with Gasteiger partial charge in [-0.05, 0) is 6.07 Å². The molecule has 2 aromatic heterocycles. The largest absolute Gasteiger partial charge is 0.439 e. The maximum atomic E-state index is 10.7. The Labute approximate surface area is 84.6 Å². The van der Waals surface area contributed by atoms with E-state index < -0.39 is 0 Å². The molecule has 0 unspecified atom stereocenters. The fourth-order valence-corrected chi connectivity index (χ4v) is 1.59. The van der Waals surface area contributed by atoms with Gasteiger partial charge in [-0.15, -0.1) is 11.3 Å². The van der Waals surface area contributed by atoms with Crippen LogP contribution in [-0.4, -0.2) is 10.9 Å². The highest BCUT2D eigenvalue weighted by Crippen LogP contribution is 2.24. The summed E-state index contributed by atoms with van der Waals surface area (Å²) < 4.78 is 5.35. The van der Waals surface area contributed by atoms with Crippen LogP contribution in [0.4, 0.5) is 5.88 Å². The maximum absolute atomic E-state index is 10.7. The van der Waals surface area contributed by atoms with Crippen LogP contribution < -0.4 is 5.32 Å². The van der Waals surface area contributed by atoms with Crippen molar-refractivity contribution < 1.29 is 9.21 Å². The minimum absolute atomic E-state index is 0.149. The Balaban J connectivity index is 2.22. The van der Waals surface area contributed by atoms with Crippen molar-refractivity contribution in [1.82, 2.24) is 4.98 Å². The molecule has 72 valence electrons. The summed E-state index contributed by atoms with van der Waals surface area (Å²) >= 11 is 1.50. The fourth-order valence-electron chi connectivity index (χ4n) is 1.05. The quantitative estimate of drug-likeness (QED) is 0.824. The molecule has 0 radical (unpaired) electrons. The van der Waals surface area contributed by atoms with Crippen molar-refractivity contribution in [2.24, 2.45) is 0 Å². The number of anilines is 1. The number of nitrogens with zero attached hydrogens (tertiary/aromatic N) is 1. The molecule has 5 heteroatoms. The van der Waals surface area contributed by atoms with Gasteiger partial charge in [0.05, 0.1) is 5.51 Å². The molecule has 0 fully saturated rings. The van der Waals surface area contributed by atoms with E-state index in [0.29, 0.717) is 11.6 Å². The van der Waals surface area contributed by atoms with Crippen molar-refractivity contribution in [3.05, 3.63) is 23.0 Å². The first-order valence-electron chi connectivity index (χ1n) is 4.01. The molecule has 0 aliphatic heterocycles. The van der Waals surface area contributed by atoms with E-state index in [-0.39, 0.29) is 5.91 Å². The van der Waals surface area contributed by atoms with E-state index in [1.54, 1.807) is 17.6 Å². The maximum Gasteiger partial charge on any atom is 0.223 e. The summed E-state index contributed by atoms with van der Waals surface area (Å²) in [6.45, 7) is 1.44. The molecule has 0 saturated carbocycles. The molecule has 0 aromatic carbocycles. The lowest BCUT2D eigenvalue weighted by molar-refractivity contribution is -0.114. The number of rotatable bonds is 2. The number of furan rings is 1. The summed E-state index contributed by atoms with van der Waals surface area (Å²) in [5.74, 6) is 0.958. The van der Waals surface area contributed by atoms with Crippen LogP contribution in [0.5, 0.6) is 0 Å². The molecule has 0 aliphatic rings. The molecular formula is C9H8N2O2S.